The van der Waals surface area contributed by atoms with E-state index >= 15 is 0 Å². The van der Waals surface area contributed by atoms with Gasteiger partial charge in [-0.3, -0.25) is 28.8 Å². The molecule has 0 spiro atoms. The number of ketones is 2. The molecule has 8 aromatic rings. The summed E-state index contributed by atoms with van der Waals surface area (Å²) in [7, 11) is 1.39. The van der Waals surface area contributed by atoms with Crippen LogP contribution in [0.5, 0.6) is 10.4 Å². The van der Waals surface area contributed by atoms with E-state index in [1.54, 1.807) is 9.80 Å². The third-order valence-corrected chi connectivity index (χ3v) is 21.9. The summed E-state index contributed by atoms with van der Waals surface area (Å²) in [5.74, 6) is -2.31. The molecule has 10 atom stereocenters. The standard InChI is InChI=1S/C38H40N2O5S.C37H38N2O5S.Na.H2O/c1-44-36(43)38-22-29(38)14-6-4-2-3-5-13-28(20-25-17-18-26-11-7-8-12-27(26)19-25)35(42)40-24-30(21-32(40)33(41)23-38)45-37-39-31-15-9-10-16-34(31)46-37;40-32-22-37(35(42)43)21-28(37)13-5-3-1-2-4-12-27(19-24-16-17-25-10-6-7-11-26(25)18-24)34(41)39-23-29(20-31(32)39)44-36-38-30-14-8-9-15-33(30)45-36;;/h6-12,14-19,28-30,32H,2-5,13,20-24H2,1H3;5-11,13-18,27-29,31H,1-4,12,19-23H2,(H,42,43);;1H2/q;;+1;/p-1/b14-6-;13-5-;;/t28-,29-,30-,32+,38-;27-,28-,29-,31+,37-;;/m11../s1. The summed E-state index contributed by atoms with van der Waals surface area (Å²) in [6.07, 6.45) is 19.7. The van der Waals surface area contributed by atoms with Crippen LogP contribution in [0.4, 0.5) is 0 Å². The average Bonchev–Trinajstić information content (AvgIpc) is 1.61. The van der Waals surface area contributed by atoms with Crippen molar-refractivity contribution in [3.05, 3.63) is 169 Å². The van der Waals surface area contributed by atoms with Crippen molar-refractivity contribution >= 4 is 100.0 Å². The number of amides is 2. The Morgan fingerprint density at radius 2 is 0.989 bits per heavy atom. The SMILES string of the molecule is COC(=O)[C@]12CC(=O)[C@@H]3C[C@@H](Oc4nc5ccccc5s4)CN3C(=O)[C@@H](Cc3ccc4ccccc4c3)CCCCC/C=C\[C@@H]1C2.O=C1C[C@]2(C(=O)O)C[C@H]2/C=C\CCCCC[C@H](Cc2ccc3ccccc3c2)C(=O)N2C[C@H](Oc3nc4ccccc4s3)C[C@@H]12.[Na+].[OH-]. The van der Waals surface area contributed by atoms with Crippen LogP contribution >= 0.6 is 22.7 Å². The summed E-state index contributed by atoms with van der Waals surface area (Å²) in [5.41, 5.74) is 2.00. The number of thiazole rings is 2. The first kappa shape index (κ1) is 67.3. The maximum absolute atomic E-state index is 14.6. The number of nitrogens with zero attached hydrogens (tertiary/aromatic N) is 4. The summed E-state index contributed by atoms with van der Waals surface area (Å²) in [5, 5.41) is 15.9. The van der Waals surface area contributed by atoms with Gasteiger partial charge in [-0.25, -0.2) is 9.97 Å². The van der Waals surface area contributed by atoms with Crippen LogP contribution in [0.3, 0.4) is 0 Å². The zero-order valence-corrected chi connectivity index (χ0v) is 56.6. The molecule has 18 heteroatoms. The first-order valence-electron chi connectivity index (χ1n) is 32.6. The Balaban J connectivity index is 0.000000186. The number of fused-ring (bicyclic) bond motifs is 8. The first-order chi connectivity index (χ1) is 44.3. The Hall–Kier alpha value is -7.12. The molecule has 6 aromatic carbocycles. The second-order valence-electron chi connectivity index (χ2n) is 26.2. The van der Waals surface area contributed by atoms with E-state index in [1.165, 1.54) is 35.2 Å². The summed E-state index contributed by atoms with van der Waals surface area (Å²) in [6.45, 7) is 0.594. The minimum Gasteiger partial charge on any atom is -0.870 e. The number of carbonyl (C=O) groups is 6. The third-order valence-electron chi connectivity index (χ3n) is 20.1. The number of allylic oxidation sites excluding steroid dienone is 4. The molecule has 2 N–H and O–H groups in total. The number of aromatic nitrogens is 2. The molecular weight excluding hydrogens is 1220 g/mol. The number of para-hydroxylation sites is 2. The quantitative estimate of drug-likeness (QED) is 0.0768. The van der Waals surface area contributed by atoms with Gasteiger partial charge in [0.1, 0.15) is 12.2 Å². The number of Topliss-reactive ketones (excluding diaryl/α,β-unsaturated/α-hetero) is 2. The van der Waals surface area contributed by atoms with Crippen molar-refractivity contribution in [3.8, 4) is 10.4 Å². The minimum absolute atomic E-state index is 0. The van der Waals surface area contributed by atoms with Gasteiger partial charge in [0.15, 0.2) is 11.6 Å². The number of esters is 1. The number of carbonyl (C=O) groups excluding carboxylic acids is 5. The maximum atomic E-state index is 14.6. The molecule has 2 amide bonds. The van der Waals surface area contributed by atoms with Crippen molar-refractivity contribution in [2.24, 2.45) is 34.5 Å². The van der Waals surface area contributed by atoms with Gasteiger partial charge in [-0.05, 0) is 133 Å². The second kappa shape index (κ2) is 29.7. The van der Waals surface area contributed by atoms with Crippen molar-refractivity contribution in [1.29, 1.82) is 0 Å². The Morgan fingerprint density at radius 1 is 0.559 bits per heavy atom. The predicted molar refractivity (Wildman–Crippen MR) is 357 cm³/mol. The van der Waals surface area contributed by atoms with E-state index in [1.807, 2.05) is 78.9 Å². The maximum Gasteiger partial charge on any atom is 1.00 e. The van der Waals surface area contributed by atoms with E-state index in [0.29, 0.717) is 55.5 Å². The number of aliphatic carboxylic acids is 1. The number of rotatable bonds is 10. The molecule has 14 rings (SSSR count). The number of carboxylic acids is 1. The Morgan fingerprint density at radius 3 is 1.45 bits per heavy atom. The number of methoxy groups -OCH3 is 1. The fraction of sp³-hybridized carbons (Fsp3) is 0.413. The molecule has 93 heavy (non-hydrogen) atoms. The third kappa shape index (κ3) is 15.0. The summed E-state index contributed by atoms with van der Waals surface area (Å²) >= 11 is 2.92. The van der Waals surface area contributed by atoms with Gasteiger partial charge in [-0.1, -0.05) is 182 Å². The molecule has 6 aliphatic rings. The van der Waals surface area contributed by atoms with Gasteiger partial charge in [-0.15, -0.1) is 0 Å². The number of carboxylic acid groups (broad SMARTS) is 1. The van der Waals surface area contributed by atoms with E-state index in [2.05, 4.69) is 88.9 Å². The van der Waals surface area contributed by atoms with Crippen LogP contribution in [0.1, 0.15) is 114 Å². The van der Waals surface area contributed by atoms with Crippen molar-refractivity contribution in [1.82, 2.24) is 19.8 Å². The molecule has 15 nitrogen and oxygen atoms in total. The van der Waals surface area contributed by atoms with Gasteiger partial charge in [0.2, 0.25) is 11.8 Å². The van der Waals surface area contributed by atoms with E-state index in [9.17, 15) is 33.9 Å². The monoisotopic (exact) mass is 1300 g/mol. The van der Waals surface area contributed by atoms with Crippen LogP contribution in [0.25, 0.3) is 42.0 Å². The molecule has 2 saturated heterocycles. The van der Waals surface area contributed by atoms with E-state index < -0.39 is 35.0 Å². The van der Waals surface area contributed by atoms with Gasteiger partial charge in [-0.2, -0.15) is 0 Å². The Bertz CT molecular complexity index is 4040. The Labute approximate surface area is 572 Å². The Kier molecular flexibility index (Phi) is 21.5. The molecular formula is C75H79N4NaO11S2. The van der Waals surface area contributed by atoms with Crippen LogP contribution in [-0.4, -0.2) is 110 Å². The zero-order chi connectivity index (χ0) is 62.6. The van der Waals surface area contributed by atoms with Gasteiger partial charge in [0, 0.05) is 37.5 Å². The normalized spacial score (nSPS) is 27.4. The van der Waals surface area contributed by atoms with Gasteiger partial charge in [0.05, 0.1) is 63.5 Å². The van der Waals surface area contributed by atoms with Gasteiger partial charge in [0.25, 0.3) is 10.4 Å². The first-order valence-corrected chi connectivity index (χ1v) is 34.3. The minimum atomic E-state index is -1.08. The molecule has 4 fully saturated rings. The van der Waals surface area contributed by atoms with Crippen LogP contribution in [0.15, 0.2) is 158 Å². The zero-order valence-electron chi connectivity index (χ0n) is 52.9. The number of benzene rings is 6. The molecule has 0 unspecified atom stereocenters. The second-order valence-corrected chi connectivity index (χ2v) is 28.2. The fourth-order valence-electron chi connectivity index (χ4n) is 14.8. The number of ether oxygens (including phenoxy) is 3. The fourth-order valence-corrected chi connectivity index (χ4v) is 16.6. The molecule has 2 aliphatic carbocycles. The largest absolute Gasteiger partial charge is 1.00 e. The summed E-state index contributed by atoms with van der Waals surface area (Å²) in [4.78, 5) is 95.6. The van der Waals surface area contributed by atoms with Crippen LogP contribution in [0.2, 0.25) is 0 Å². The number of hydrogen-bond acceptors (Lipinski definition) is 14. The molecule has 6 heterocycles. The van der Waals surface area contributed by atoms with Crippen molar-refractivity contribution in [2.75, 3.05) is 20.2 Å². The molecule has 0 radical (unpaired) electrons. The summed E-state index contributed by atoms with van der Waals surface area (Å²) in [6, 6.07) is 43.6. The summed E-state index contributed by atoms with van der Waals surface area (Å²) < 4.78 is 20.0. The van der Waals surface area contributed by atoms with Gasteiger partial charge < -0.3 is 34.6 Å². The molecule has 0 bridgehead atoms. The smallest absolute Gasteiger partial charge is 0.870 e. The molecule has 4 aliphatic heterocycles. The molecule has 2 saturated carbocycles. The van der Waals surface area contributed by atoms with Crippen LogP contribution in [-0.2, 0) is 46.3 Å². The van der Waals surface area contributed by atoms with Crippen LogP contribution in [0, 0.1) is 34.5 Å². The van der Waals surface area contributed by atoms with E-state index in [4.69, 9.17) is 14.2 Å². The van der Waals surface area contributed by atoms with Crippen molar-refractivity contribution in [2.45, 2.75) is 140 Å². The topological polar surface area (TPSA) is 213 Å². The predicted octanol–water partition coefficient (Wildman–Crippen LogP) is 11.4. The van der Waals surface area contributed by atoms with Crippen LogP contribution < -0.4 is 39.0 Å². The van der Waals surface area contributed by atoms with Gasteiger partial charge >= 0.3 is 41.5 Å². The van der Waals surface area contributed by atoms with E-state index in [0.717, 1.165) is 112 Å². The van der Waals surface area contributed by atoms with E-state index in [-0.39, 0.29) is 114 Å². The average molecular weight is 1300 g/mol. The number of hydrogen-bond donors (Lipinski definition) is 1. The molecule has 2 aromatic heterocycles. The van der Waals surface area contributed by atoms with Crippen molar-refractivity contribution < 1.29 is 83.1 Å². The van der Waals surface area contributed by atoms with Crippen molar-refractivity contribution in [3.63, 3.8) is 0 Å². The molecule has 478 valence electrons.